The molecule has 19 heavy (non-hydrogen) atoms. The van der Waals surface area contributed by atoms with E-state index in [1.807, 2.05) is 4.90 Å². The van der Waals surface area contributed by atoms with E-state index in [0.29, 0.717) is 15.8 Å². The Balaban J connectivity index is 1.94. The van der Waals surface area contributed by atoms with Crippen molar-refractivity contribution < 1.29 is 4.79 Å². The Hall–Kier alpha value is -0.420. The number of amides is 1. The van der Waals surface area contributed by atoms with Crippen LogP contribution in [0.5, 0.6) is 0 Å². The number of piperazine rings is 1. The molecule has 0 spiro atoms. The minimum atomic E-state index is 0.148. The van der Waals surface area contributed by atoms with Gasteiger partial charge in [0.15, 0.2) is 0 Å². The van der Waals surface area contributed by atoms with Crippen LogP contribution in [0, 0.1) is 0 Å². The molecular weight excluding hydrogens is 303 g/mol. The SMILES string of the molecule is CC1CNCCN1C(=O)CSc1cc(Cl)ccc1Cl. The third-order valence-electron chi connectivity index (χ3n) is 3.07. The van der Waals surface area contributed by atoms with Gasteiger partial charge >= 0.3 is 0 Å². The number of benzene rings is 1. The fourth-order valence-corrected chi connectivity index (χ4v) is 3.40. The molecule has 0 radical (unpaired) electrons. The Kier molecular flexibility index (Phi) is 5.39. The number of nitrogens with zero attached hydrogens (tertiary/aromatic N) is 1. The van der Waals surface area contributed by atoms with Gasteiger partial charge in [0.1, 0.15) is 0 Å². The fourth-order valence-electron chi connectivity index (χ4n) is 2.02. The van der Waals surface area contributed by atoms with Crippen molar-refractivity contribution in [3.8, 4) is 0 Å². The van der Waals surface area contributed by atoms with Crippen LogP contribution in [0.3, 0.4) is 0 Å². The summed E-state index contributed by atoms with van der Waals surface area (Å²) in [6, 6.07) is 5.54. The predicted molar refractivity (Wildman–Crippen MR) is 81.2 cm³/mol. The topological polar surface area (TPSA) is 32.3 Å². The van der Waals surface area contributed by atoms with Gasteiger partial charge in [-0.25, -0.2) is 0 Å². The minimum absolute atomic E-state index is 0.148. The van der Waals surface area contributed by atoms with Crippen molar-refractivity contribution in [1.29, 1.82) is 0 Å². The highest BCUT2D eigenvalue weighted by molar-refractivity contribution is 8.00. The predicted octanol–water partition coefficient (Wildman–Crippen LogP) is 2.91. The van der Waals surface area contributed by atoms with E-state index >= 15 is 0 Å². The second-order valence-electron chi connectivity index (χ2n) is 4.50. The molecule has 0 bridgehead atoms. The van der Waals surface area contributed by atoms with Crippen LogP contribution in [0.2, 0.25) is 10.0 Å². The van der Waals surface area contributed by atoms with Gasteiger partial charge in [-0.05, 0) is 25.1 Å². The molecule has 0 aromatic heterocycles. The molecule has 2 rings (SSSR count). The number of halogens is 2. The highest BCUT2D eigenvalue weighted by Gasteiger charge is 2.22. The van der Waals surface area contributed by atoms with E-state index in [2.05, 4.69) is 12.2 Å². The molecule has 0 aliphatic carbocycles. The van der Waals surface area contributed by atoms with E-state index in [9.17, 15) is 4.79 Å². The maximum atomic E-state index is 12.2. The van der Waals surface area contributed by atoms with Gasteiger partial charge in [-0.15, -0.1) is 11.8 Å². The summed E-state index contributed by atoms with van der Waals surface area (Å²) in [6.07, 6.45) is 0. The van der Waals surface area contributed by atoms with E-state index in [1.54, 1.807) is 18.2 Å². The average molecular weight is 319 g/mol. The van der Waals surface area contributed by atoms with Gasteiger partial charge < -0.3 is 10.2 Å². The van der Waals surface area contributed by atoms with Crippen molar-refractivity contribution in [2.75, 3.05) is 25.4 Å². The molecule has 0 saturated carbocycles. The van der Waals surface area contributed by atoms with Gasteiger partial charge in [0, 0.05) is 35.6 Å². The largest absolute Gasteiger partial charge is 0.337 e. The van der Waals surface area contributed by atoms with Crippen LogP contribution in [0.1, 0.15) is 6.92 Å². The zero-order valence-corrected chi connectivity index (χ0v) is 13.0. The summed E-state index contributed by atoms with van der Waals surface area (Å²) in [7, 11) is 0. The van der Waals surface area contributed by atoms with Crippen molar-refractivity contribution in [3.63, 3.8) is 0 Å². The quantitative estimate of drug-likeness (QED) is 0.870. The van der Waals surface area contributed by atoms with E-state index < -0.39 is 0 Å². The molecule has 1 saturated heterocycles. The van der Waals surface area contributed by atoms with Crippen LogP contribution >= 0.6 is 35.0 Å². The molecule has 1 heterocycles. The molecule has 1 aliphatic heterocycles. The van der Waals surface area contributed by atoms with Crippen molar-refractivity contribution in [2.45, 2.75) is 17.9 Å². The molecule has 1 aliphatic rings. The minimum Gasteiger partial charge on any atom is -0.337 e. The lowest BCUT2D eigenvalue weighted by atomic mass is 10.2. The number of rotatable bonds is 3. The van der Waals surface area contributed by atoms with Gasteiger partial charge in [-0.3, -0.25) is 4.79 Å². The number of carbonyl (C=O) groups is 1. The summed E-state index contributed by atoms with van der Waals surface area (Å²) in [5.41, 5.74) is 0. The molecule has 1 N–H and O–H groups in total. The molecule has 6 heteroatoms. The van der Waals surface area contributed by atoms with E-state index in [1.165, 1.54) is 11.8 Å². The molecule has 1 atom stereocenters. The summed E-state index contributed by atoms with van der Waals surface area (Å²) in [5.74, 6) is 0.541. The fraction of sp³-hybridized carbons (Fsp3) is 0.462. The van der Waals surface area contributed by atoms with Crippen LogP contribution in [0.15, 0.2) is 23.1 Å². The first kappa shape index (κ1) is 15.0. The Bertz CT molecular complexity index is 470. The van der Waals surface area contributed by atoms with Gasteiger partial charge in [0.2, 0.25) is 5.91 Å². The van der Waals surface area contributed by atoms with Gasteiger partial charge in [0.05, 0.1) is 10.8 Å². The first-order chi connectivity index (χ1) is 9.08. The van der Waals surface area contributed by atoms with Crippen LogP contribution in [-0.4, -0.2) is 42.2 Å². The van der Waals surface area contributed by atoms with Crippen molar-refractivity contribution >= 4 is 40.9 Å². The molecule has 1 fully saturated rings. The summed E-state index contributed by atoms with van der Waals surface area (Å²) in [5, 5.41) is 4.54. The first-order valence-electron chi connectivity index (χ1n) is 6.16. The summed E-state index contributed by atoms with van der Waals surface area (Å²) < 4.78 is 0. The summed E-state index contributed by atoms with van der Waals surface area (Å²) in [4.78, 5) is 15.0. The highest BCUT2D eigenvalue weighted by atomic mass is 35.5. The van der Waals surface area contributed by atoms with E-state index in [4.69, 9.17) is 23.2 Å². The molecular formula is C13H16Cl2N2OS. The second kappa shape index (κ2) is 6.84. The highest BCUT2D eigenvalue weighted by Crippen LogP contribution is 2.30. The Morgan fingerprint density at radius 3 is 3.05 bits per heavy atom. The van der Waals surface area contributed by atoms with Crippen LogP contribution in [0.4, 0.5) is 0 Å². The standard InChI is InChI=1S/C13H16Cl2N2OS/c1-9-7-16-4-5-17(9)13(18)8-19-12-6-10(14)2-3-11(12)15/h2-3,6,9,16H,4-5,7-8H2,1H3. The molecule has 1 unspecified atom stereocenters. The van der Waals surface area contributed by atoms with Crippen LogP contribution in [-0.2, 0) is 4.79 Å². The monoisotopic (exact) mass is 318 g/mol. The zero-order valence-electron chi connectivity index (χ0n) is 10.7. The Labute approximate surface area is 127 Å². The number of hydrogen-bond donors (Lipinski definition) is 1. The van der Waals surface area contributed by atoms with Gasteiger partial charge in [0.25, 0.3) is 0 Å². The van der Waals surface area contributed by atoms with E-state index in [0.717, 1.165) is 24.5 Å². The summed E-state index contributed by atoms with van der Waals surface area (Å²) >= 11 is 13.4. The van der Waals surface area contributed by atoms with Crippen molar-refractivity contribution in [1.82, 2.24) is 10.2 Å². The molecule has 104 valence electrons. The number of thioether (sulfide) groups is 1. The molecule has 1 aromatic carbocycles. The summed E-state index contributed by atoms with van der Waals surface area (Å²) in [6.45, 7) is 4.54. The lowest BCUT2D eigenvalue weighted by Gasteiger charge is -2.34. The first-order valence-corrected chi connectivity index (χ1v) is 7.90. The third kappa shape index (κ3) is 4.02. The smallest absolute Gasteiger partial charge is 0.233 e. The van der Waals surface area contributed by atoms with Crippen LogP contribution in [0.25, 0.3) is 0 Å². The molecule has 1 amide bonds. The Morgan fingerprint density at radius 1 is 1.53 bits per heavy atom. The Morgan fingerprint density at radius 2 is 2.32 bits per heavy atom. The van der Waals surface area contributed by atoms with Crippen molar-refractivity contribution in [3.05, 3.63) is 28.2 Å². The number of nitrogens with one attached hydrogen (secondary N) is 1. The normalized spacial score (nSPS) is 19.5. The van der Waals surface area contributed by atoms with Crippen molar-refractivity contribution in [2.24, 2.45) is 0 Å². The molecule has 1 aromatic rings. The maximum absolute atomic E-state index is 12.2. The van der Waals surface area contributed by atoms with Gasteiger partial charge in [-0.2, -0.15) is 0 Å². The van der Waals surface area contributed by atoms with Crippen LogP contribution < -0.4 is 5.32 Å². The lowest BCUT2D eigenvalue weighted by Crippen LogP contribution is -2.52. The van der Waals surface area contributed by atoms with Gasteiger partial charge in [-0.1, -0.05) is 23.2 Å². The number of hydrogen-bond acceptors (Lipinski definition) is 3. The lowest BCUT2D eigenvalue weighted by molar-refractivity contribution is -0.131. The van der Waals surface area contributed by atoms with E-state index in [-0.39, 0.29) is 11.9 Å². The maximum Gasteiger partial charge on any atom is 0.233 e. The zero-order chi connectivity index (χ0) is 13.8. The second-order valence-corrected chi connectivity index (χ2v) is 6.36. The third-order valence-corrected chi connectivity index (χ3v) is 4.78. The average Bonchev–Trinajstić information content (AvgIpc) is 2.40. The molecule has 3 nitrogen and oxygen atoms in total. The number of carbonyl (C=O) groups excluding carboxylic acids is 1.